The van der Waals surface area contributed by atoms with Crippen molar-refractivity contribution in [2.24, 2.45) is 0 Å². The largest absolute Gasteiger partial charge is 0.458 e. The first kappa shape index (κ1) is 32.7. The Morgan fingerprint density at radius 3 is 2.48 bits per heavy atom. The van der Waals surface area contributed by atoms with E-state index in [-0.39, 0.29) is 54.7 Å². The predicted molar refractivity (Wildman–Crippen MR) is 171 cm³/mol. The monoisotopic (exact) mass is 685 g/mol. The Balaban J connectivity index is 1.41. The highest BCUT2D eigenvalue weighted by Crippen LogP contribution is 2.45. The molecule has 3 aromatic heterocycles. The van der Waals surface area contributed by atoms with Crippen molar-refractivity contribution in [2.45, 2.75) is 115 Å². The van der Waals surface area contributed by atoms with Crippen molar-refractivity contribution >= 4 is 27.5 Å². The number of fused-ring (bicyclic) bond motifs is 3. The third-order valence-corrected chi connectivity index (χ3v) is 10.5. The van der Waals surface area contributed by atoms with E-state index in [0.29, 0.717) is 33.7 Å². The van der Waals surface area contributed by atoms with Crippen LogP contribution in [0, 0.1) is 6.92 Å². The van der Waals surface area contributed by atoms with Gasteiger partial charge in [0.1, 0.15) is 28.5 Å². The van der Waals surface area contributed by atoms with Crippen LogP contribution in [0.25, 0.3) is 21.0 Å². The minimum atomic E-state index is -3.09. The third-order valence-electron chi connectivity index (χ3n) is 9.20. The first-order chi connectivity index (χ1) is 22.8. The summed E-state index contributed by atoms with van der Waals surface area (Å²) in [6.45, 7) is 3.65. The molecule has 2 aliphatic heterocycles. The van der Waals surface area contributed by atoms with E-state index in [1.807, 2.05) is 0 Å². The third kappa shape index (κ3) is 5.98. The standard InChI is InChI=1S/C34H37F2N3O8S/c1-18-25-28(40)39(34(11-12-34)30(41)47-33(2,3)4)32(42)38(29(25)48-26(18)27-37-13-14-43-27)17-24(22-7-5-6-8-23(22)46-31(35)36)45-21-15-19-9-10-20(16-21)44-19/h5-8,13-14,19-21,24,31H,9-12,15-17H2,1-4H3/t19-,20+,21?,24?. The number of carbonyl (C=O) groups excluding carboxylic acids is 1. The SMILES string of the molecule is Cc1c(-c2ncco2)sc2c1c(=O)n(C1(C(=O)OC(C)(C)C)CC1)c(=O)n2CC(OC1C[C@H]2CC[C@@H](C1)O2)c1ccccc1OC(F)F. The van der Waals surface area contributed by atoms with Gasteiger partial charge >= 0.3 is 18.3 Å². The molecule has 3 fully saturated rings. The second kappa shape index (κ2) is 12.2. The highest BCUT2D eigenvalue weighted by atomic mass is 32.1. The van der Waals surface area contributed by atoms with Gasteiger partial charge in [-0.25, -0.2) is 19.1 Å². The summed E-state index contributed by atoms with van der Waals surface area (Å²) in [4.78, 5) is 47.7. The number of esters is 1. The smallest absolute Gasteiger partial charge is 0.387 e. The lowest BCUT2D eigenvalue weighted by Crippen LogP contribution is -2.50. The van der Waals surface area contributed by atoms with Crippen LogP contribution in [0.1, 0.15) is 76.5 Å². The maximum Gasteiger partial charge on any atom is 0.387 e. The van der Waals surface area contributed by atoms with Crippen LogP contribution >= 0.6 is 11.3 Å². The summed E-state index contributed by atoms with van der Waals surface area (Å²) >= 11 is 1.15. The normalized spacial score (nSPS) is 22.3. The van der Waals surface area contributed by atoms with Crippen LogP contribution < -0.4 is 16.0 Å². The number of benzene rings is 1. The zero-order valence-electron chi connectivity index (χ0n) is 27.1. The Morgan fingerprint density at radius 2 is 1.85 bits per heavy atom. The second-order valence-electron chi connectivity index (χ2n) is 13.7. The van der Waals surface area contributed by atoms with E-state index in [1.165, 1.54) is 23.1 Å². The van der Waals surface area contributed by atoms with Gasteiger partial charge in [0.25, 0.3) is 5.56 Å². The van der Waals surface area contributed by atoms with Gasteiger partial charge in [-0.1, -0.05) is 18.2 Å². The van der Waals surface area contributed by atoms with Crippen LogP contribution in [0.3, 0.4) is 0 Å². The number of aryl methyl sites for hydroxylation is 1. The Morgan fingerprint density at radius 1 is 1.15 bits per heavy atom. The molecule has 48 heavy (non-hydrogen) atoms. The van der Waals surface area contributed by atoms with Crippen molar-refractivity contribution in [3.05, 3.63) is 68.7 Å². The van der Waals surface area contributed by atoms with Crippen molar-refractivity contribution in [1.82, 2.24) is 14.1 Å². The molecule has 4 aromatic rings. The van der Waals surface area contributed by atoms with Crippen molar-refractivity contribution < 1.29 is 36.9 Å². The molecular formula is C34H37F2N3O8S. The topological polar surface area (TPSA) is 124 Å². The summed E-state index contributed by atoms with van der Waals surface area (Å²) in [6, 6.07) is 6.34. The Labute approximate surface area is 278 Å². The number of nitrogens with zero attached hydrogens (tertiary/aromatic N) is 3. The second-order valence-corrected chi connectivity index (χ2v) is 14.7. The maximum atomic E-state index is 14.7. The fraction of sp³-hybridized carbons (Fsp3) is 0.529. The maximum absolute atomic E-state index is 14.7. The Kier molecular flexibility index (Phi) is 8.31. The van der Waals surface area contributed by atoms with E-state index in [0.717, 1.165) is 28.7 Å². The fourth-order valence-electron chi connectivity index (χ4n) is 6.92. The molecule has 0 radical (unpaired) electrons. The van der Waals surface area contributed by atoms with Crippen LogP contribution in [-0.2, 0) is 31.1 Å². The van der Waals surface area contributed by atoms with E-state index >= 15 is 0 Å². The average Bonchev–Trinajstić information content (AvgIpc) is 3.30. The molecule has 1 aromatic carbocycles. The van der Waals surface area contributed by atoms with Gasteiger partial charge in [-0.3, -0.25) is 9.36 Å². The van der Waals surface area contributed by atoms with E-state index in [4.69, 9.17) is 23.4 Å². The van der Waals surface area contributed by atoms with Crippen LogP contribution in [0.2, 0.25) is 0 Å². The summed E-state index contributed by atoms with van der Waals surface area (Å²) in [5, 5.41) is 0.225. The van der Waals surface area contributed by atoms with Crippen LogP contribution in [0.5, 0.6) is 5.75 Å². The molecule has 11 nitrogen and oxygen atoms in total. The van der Waals surface area contributed by atoms with Crippen molar-refractivity contribution in [3.63, 3.8) is 0 Å². The minimum Gasteiger partial charge on any atom is -0.458 e. The molecule has 4 atom stereocenters. The number of aromatic nitrogens is 3. The van der Waals surface area contributed by atoms with E-state index in [9.17, 15) is 23.2 Å². The molecule has 0 N–H and O–H groups in total. The predicted octanol–water partition coefficient (Wildman–Crippen LogP) is 6.09. The molecule has 0 amide bonds. The summed E-state index contributed by atoms with van der Waals surface area (Å²) in [6.07, 6.45) is 5.28. The molecule has 3 aliphatic rings. The number of oxazole rings is 1. The summed E-state index contributed by atoms with van der Waals surface area (Å²) in [5.41, 5.74) is -2.84. The number of halogens is 2. The van der Waals surface area contributed by atoms with Gasteiger partial charge in [0.15, 0.2) is 5.54 Å². The zero-order valence-corrected chi connectivity index (χ0v) is 27.9. The average molecular weight is 686 g/mol. The first-order valence-electron chi connectivity index (χ1n) is 16.1. The van der Waals surface area contributed by atoms with Gasteiger partial charge < -0.3 is 23.4 Å². The van der Waals surface area contributed by atoms with Crippen LogP contribution in [0.4, 0.5) is 8.78 Å². The zero-order chi connectivity index (χ0) is 34.0. The molecule has 256 valence electrons. The summed E-state index contributed by atoms with van der Waals surface area (Å²) in [5.74, 6) is -0.476. The number of alkyl halides is 2. The Hall–Kier alpha value is -3.88. The van der Waals surface area contributed by atoms with Gasteiger partial charge in [-0.05, 0) is 77.8 Å². The van der Waals surface area contributed by atoms with Crippen molar-refractivity contribution in [3.8, 4) is 16.5 Å². The molecule has 2 unspecified atom stereocenters. The molecule has 1 aliphatic carbocycles. The number of hydrogen-bond donors (Lipinski definition) is 0. The van der Waals surface area contributed by atoms with Gasteiger partial charge in [0, 0.05) is 5.56 Å². The fourth-order valence-corrected chi connectivity index (χ4v) is 8.16. The number of hydrogen-bond acceptors (Lipinski definition) is 10. The molecule has 2 saturated heterocycles. The quantitative estimate of drug-likeness (QED) is 0.183. The number of thiophene rings is 1. The van der Waals surface area contributed by atoms with Crippen molar-refractivity contribution in [2.75, 3.05) is 0 Å². The molecule has 1 saturated carbocycles. The highest BCUT2D eigenvalue weighted by molar-refractivity contribution is 7.22. The van der Waals surface area contributed by atoms with E-state index in [1.54, 1.807) is 45.9 Å². The van der Waals surface area contributed by atoms with E-state index in [2.05, 4.69) is 4.98 Å². The van der Waals surface area contributed by atoms with Gasteiger partial charge in [-0.2, -0.15) is 8.78 Å². The van der Waals surface area contributed by atoms with Gasteiger partial charge in [0.05, 0.1) is 41.3 Å². The first-order valence-corrected chi connectivity index (χ1v) is 16.9. The lowest BCUT2D eigenvalue weighted by Gasteiger charge is -2.32. The number of carbonyl (C=O) groups is 1. The summed E-state index contributed by atoms with van der Waals surface area (Å²) in [7, 11) is 0. The van der Waals surface area contributed by atoms with Crippen LogP contribution in [-0.4, -0.2) is 50.6 Å². The Bertz CT molecular complexity index is 1950. The molecule has 0 spiro atoms. The lowest BCUT2D eigenvalue weighted by molar-refractivity contribution is -0.161. The molecule has 7 rings (SSSR count). The summed E-state index contributed by atoms with van der Waals surface area (Å²) < 4.78 is 58.6. The molecular weight excluding hydrogens is 648 g/mol. The van der Waals surface area contributed by atoms with Gasteiger partial charge in [0.2, 0.25) is 5.89 Å². The molecule has 2 bridgehead atoms. The highest BCUT2D eigenvalue weighted by Gasteiger charge is 2.56. The minimum absolute atomic E-state index is 0.0325. The number of rotatable bonds is 10. The van der Waals surface area contributed by atoms with Crippen LogP contribution in [0.15, 0.2) is 50.7 Å². The number of ether oxygens (including phenoxy) is 4. The lowest BCUT2D eigenvalue weighted by atomic mass is 10.0. The number of para-hydroxylation sites is 1. The van der Waals surface area contributed by atoms with Gasteiger partial charge in [-0.15, -0.1) is 11.3 Å². The molecule has 5 heterocycles. The molecule has 14 heteroatoms. The van der Waals surface area contributed by atoms with E-state index < -0.39 is 41.1 Å². The van der Waals surface area contributed by atoms with Crippen molar-refractivity contribution in [1.29, 1.82) is 0 Å².